The molecule has 0 radical (unpaired) electrons. The molecule has 5 aromatic carbocycles. The van der Waals surface area contributed by atoms with E-state index in [1.54, 1.807) is 0 Å². The molecule has 8 rings (SSSR count). The van der Waals surface area contributed by atoms with Gasteiger partial charge in [0.15, 0.2) is 0 Å². The molecule has 0 amide bonds. The Bertz CT molecular complexity index is 2320. The van der Waals surface area contributed by atoms with Gasteiger partial charge in [-0.3, -0.25) is 9.97 Å². The van der Waals surface area contributed by atoms with Crippen LogP contribution in [0.1, 0.15) is 0 Å². The van der Waals surface area contributed by atoms with Crippen LogP contribution in [0.15, 0.2) is 164 Å². The molecule has 0 aliphatic rings. The van der Waals surface area contributed by atoms with Crippen molar-refractivity contribution in [3.8, 4) is 73.0 Å². The summed E-state index contributed by atoms with van der Waals surface area (Å²) in [5.41, 5.74) is 11.7. The molecule has 3 heterocycles. The van der Waals surface area contributed by atoms with Gasteiger partial charge in [0, 0.05) is 49.9 Å². The Balaban J connectivity index is 0.00000351. The number of nitrogens with zero attached hydrogens (tertiary/aromatic N) is 3. The molecule has 5 heteroatoms. The van der Waals surface area contributed by atoms with Gasteiger partial charge in [-0.05, 0) is 58.1 Å². The zero-order chi connectivity index (χ0) is 30.9. The summed E-state index contributed by atoms with van der Waals surface area (Å²) in [7, 11) is 0. The van der Waals surface area contributed by atoms with Gasteiger partial charge >= 0.3 is 0 Å². The van der Waals surface area contributed by atoms with E-state index in [9.17, 15) is 5.11 Å². The molecule has 8 aromatic rings. The molecular formula is C42H28N3OPt-. The Hall–Kier alpha value is -5.57. The number of pyridine rings is 2. The largest absolute Gasteiger partial charge is 0.507 e. The number of benzene rings is 5. The third-order valence-electron chi connectivity index (χ3n) is 8.22. The molecule has 0 spiro atoms. The summed E-state index contributed by atoms with van der Waals surface area (Å²) in [4.78, 5) is 10.2. The van der Waals surface area contributed by atoms with Crippen molar-refractivity contribution in [3.63, 3.8) is 0 Å². The van der Waals surface area contributed by atoms with E-state index in [2.05, 4.69) is 40.8 Å². The van der Waals surface area contributed by atoms with Crippen LogP contribution in [0.3, 0.4) is 0 Å². The number of aromatic nitrogens is 3. The minimum atomic E-state index is 0. The van der Waals surface area contributed by atoms with Gasteiger partial charge in [0.05, 0.1) is 5.69 Å². The summed E-state index contributed by atoms with van der Waals surface area (Å²) in [6.07, 6.45) is 2.05. The molecule has 0 bridgehead atoms. The van der Waals surface area contributed by atoms with Crippen molar-refractivity contribution in [3.05, 3.63) is 170 Å². The topological polar surface area (TPSA) is 50.4 Å². The molecule has 47 heavy (non-hydrogen) atoms. The maximum absolute atomic E-state index is 11.3. The number of fused-ring (bicyclic) bond motifs is 1. The van der Waals surface area contributed by atoms with Crippen LogP contribution in [-0.4, -0.2) is 19.5 Å². The second-order valence-corrected chi connectivity index (χ2v) is 11.2. The van der Waals surface area contributed by atoms with Crippen molar-refractivity contribution in [1.29, 1.82) is 0 Å². The zero-order valence-electron chi connectivity index (χ0n) is 25.2. The number of phenols is 1. The fourth-order valence-corrected chi connectivity index (χ4v) is 5.97. The van der Waals surface area contributed by atoms with Crippen LogP contribution < -0.4 is 0 Å². The second kappa shape index (κ2) is 13.0. The fourth-order valence-electron chi connectivity index (χ4n) is 5.97. The van der Waals surface area contributed by atoms with Crippen molar-refractivity contribution in [2.75, 3.05) is 0 Å². The van der Waals surface area contributed by atoms with Crippen LogP contribution in [-0.2, 0) is 21.1 Å². The third kappa shape index (κ3) is 5.92. The van der Waals surface area contributed by atoms with E-state index in [1.165, 1.54) is 0 Å². The van der Waals surface area contributed by atoms with Crippen molar-refractivity contribution in [2.24, 2.45) is 0 Å². The summed E-state index contributed by atoms with van der Waals surface area (Å²) < 4.78 is 2.12. The Morgan fingerprint density at radius 3 is 1.81 bits per heavy atom. The smallest absolute Gasteiger partial charge is 0.129 e. The summed E-state index contributed by atoms with van der Waals surface area (Å²) in [5.74, 6) is 0.181. The van der Waals surface area contributed by atoms with E-state index < -0.39 is 0 Å². The average molecular weight is 786 g/mol. The first-order valence-corrected chi connectivity index (χ1v) is 15.2. The fraction of sp³-hybridized carbons (Fsp3) is 0. The van der Waals surface area contributed by atoms with Crippen LogP contribution in [0.5, 0.6) is 5.75 Å². The SMILES string of the molecule is Oc1cc(-c2ccccc2)ccc1-c1cc(-c2ccccc2)cc(-c2[c-]c(-c3nc4ccccn4c3-c3ccccc3)ccc2)n1.[Pt]. The first-order chi connectivity index (χ1) is 22.7. The van der Waals surface area contributed by atoms with Crippen LogP contribution in [0.25, 0.3) is 72.9 Å². The zero-order valence-corrected chi connectivity index (χ0v) is 27.5. The first kappa shape index (κ1) is 30.1. The Labute approximate surface area is 288 Å². The molecule has 0 saturated heterocycles. The third-order valence-corrected chi connectivity index (χ3v) is 8.22. The Morgan fingerprint density at radius 2 is 1.11 bits per heavy atom. The van der Waals surface area contributed by atoms with Gasteiger partial charge in [-0.15, -0.1) is 24.3 Å². The maximum atomic E-state index is 11.3. The molecule has 1 N–H and O–H groups in total. The van der Waals surface area contributed by atoms with Crippen molar-refractivity contribution < 1.29 is 26.2 Å². The van der Waals surface area contributed by atoms with E-state index in [0.29, 0.717) is 11.3 Å². The molecule has 3 aromatic heterocycles. The van der Waals surface area contributed by atoms with Crippen molar-refractivity contribution in [2.45, 2.75) is 0 Å². The number of hydrogen-bond donors (Lipinski definition) is 1. The number of hydrogen-bond acceptors (Lipinski definition) is 3. The molecular weight excluding hydrogens is 758 g/mol. The normalized spacial score (nSPS) is 10.9. The quantitative estimate of drug-likeness (QED) is 0.171. The Kier molecular flexibility index (Phi) is 8.35. The van der Waals surface area contributed by atoms with Crippen molar-refractivity contribution >= 4 is 5.65 Å². The van der Waals surface area contributed by atoms with E-state index in [4.69, 9.17) is 9.97 Å². The first-order valence-electron chi connectivity index (χ1n) is 15.2. The average Bonchev–Trinajstić information content (AvgIpc) is 3.52. The molecule has 0 saturated carbocycles. The molecule has 0 aliphatic carbocycles. The number of phenolic OH excluding ortho intramolecular Hbond substituents is 1. The van der Waals surface area contributed by atoms with E-state index in [-0.39, 0.29) is 26.8 Å². The summed E-state index contributed by atoms with van der Waals surface area (Å²) >= 11 is 0. The summed E-state index contributed by atoms with van der Waals surface area (Å²) in [6.45, 7) is 0. The van der Waals surface area contributed by atoms with Crippen molar-refractivity contribution in [1.82, 2.24) is 14.4 Å². The summed E-state index contributed by atoms with van der Waals surface area (Å²) in [6, 6.07) is 56.3. The van der Waals surface area contributed by atoms with Crippen LogP contribution in [0, 0.1) is 6.07 Å². The molecule has 0 fully saturated rings. The van der Waals surface area contributed by atoms with Gasteiger partial charge in [-0.25, -0.2) is 0 Å². The minimum absolute atomic E-state index is 0. The monoisotopic (exact) mass is 785 g/mol. The molecule has 0 unspecified atom stereocenters. The molecule has 0 atom stereocenters. The number of imidazole rings is 1. The van der Waals surface area contributed by atoms with E-state index in [0.717, 1.165) is 61.7 Å². The summed E-state index contributed by atoms with van der Waals surface area (Å²) in [5, 5.41) is 11.3. The van der Waals surface area contributed by atoms with Gasteiger partial charge in [0.25, 0.3) is 0 Å². The van der Waals surface area contributed by atoms with Gasteiger partial charge in [0.1, 0.15) is 11.4 Å². The van der Waals surface area contributed by atoms with Crippen LogP contribution in [0.2, 0.25) is 0 Å². The van der Waals surface area contributed by atoms with Gasteiger partial charge < -0.3 is 9.51 Å². The Morgan fingerprint density at radius 1 is 0.489 bits per heavy atom. The number of aromatic hydroxyl groups is 1. The minimum Gasteiger partial charge on any atom is -0.507 e. The van der Waals surface area contributed by atoms with Gasteiger partial charge in [-0.1, -0.05) is 120 Å². The predicted octanol–water partition coefficient (Wildman–Crippen LogP) is 10.2. The maximum Gasteiger partial charge on any atom is 0.129 e. The van der Waals surface area contributed by atoms with E-state index >= 15 is 0 Å². The van der Waals surface area contributed by atoms with Crippen LogP contribution >= 0.6 is 0 Å². The van der Waals surface area contributed by atoms with Gasteiger partial charge in [0.2, 0.25) is 0 Å². The molecule has 4 nitrogen and oxygen atoms in total. The molecule has 228 valence electrons. The standard InChI is InChI=1S/C42H28N3O.Pt/c46-39-28-32(29-13-4-1-5-14-29)22-23-36(39)38-27-35(30-15-6-2-7-16-30)26-37(43-38)33-19-12-20-34(25-33)41-42(31-17-8-3-9-18-31)45-24-11-10-21-40(45)44-41;/h1-24,26-28,46H;/q-1;. The van der Waals surface area contributed by atoms with Crippen LogP contribution in [0.4, 0.5) is 0 Å². The molecule has 0 aliphatic heterocycles. The number of rotatable bonds is 6. The second-order valence-electron chi connectivity index (χ2n) is 11.2. The predicted molar refractivity (Wildman–Crippen MR) is 186 cm³/mol. The van der Waals surface area contributed by atoms with E-state index in [1.807, 2.05) is 134 Å². The van der Waals surface area contributed by atoms with Gasteiger partial charge in [-0.2, -0.15) is 0 Å².